The summed E-state index contributed by atoms with van der Waals surface area (Å²) in [6.07, 6.45) is 0. The van der Waals surface area contributed by atoms with Crippen molar-refractivity contribution in [2.24, 2.45) is 11.3 Å². The van der Waals surface area contributed by atoms with Crippen molar-refractivity contribution in [1.29, 1.82) is 10.5 Å². The quantitative estimate of drug-likeness (QED) is 0.663. The lowest BCUT2D eigenvalue weighted by molar-refractivity contribution is -0.125. The Morgan fingerprint density at radius 1 is 1.37 bits per heavy atom. The highest BCUT2D eigenvalue weighted by Gasteiger charge is 2.44. The highest BCUT2D eigenvalue weighted by molar-refractivity contribution is 8.03. The highest BCUT2D eigenvalue weighted by Crippen LogP contribution is 2.41. The lowest BCUT2D eigenvalue weighted by Crippen LogP contribution is -2.44. The Hall–Kier alpha value is -2.97. The highest BCUT2D eigenvalue weighted by atomic mass is 32.2. The number of carbonyl (C=O) groups is 2. The van der Waals surface area contributed by atoms with Crippen molar-refractivity contribution in [2.45, 2.75) is 27.7 Å². The Balaban J connectivity index is 1.92. The zero-order chi connectivity index (χ0) is 22.3. The zero-order valence-corrected chi connectivity index (χ0v) is 18.6. The van der Waals surface area contributed by atoms with Crippen LogP contribution in [0.1, 0.15) is 26.3 Å². The van der Waals surface area contributed by atoms with E-state index in [-0.39, 0.29) is 11.7 Å². The molecule has 1 aliphatic heterocycles. The molecule has 0 aromatic heterocycles. The monoisotopic (exact) mass is 425 g/mol. The molecule has 30 heavy (non-hydrogen) atoms. The summed E-state index contributed by atoms with van der Waals surface area (Å²) in [5.74, 6) is -1.49. The molecular formula is C22H27N5O2S. The Morgan fingerprint density at radius 2 is 2.10 bits per heavy atom. The molecule has 2 amide bonds. The summed E-state index contributed by atoms with van der Waals surface area (Å²) in [5, 5.41) is 24.6. The van der Waals surface area contributed by atoms with Gasteiger partial charge in [-0.15, -0.1) is 0 Å². The molecule has 1 aromatic rings. The van der Waals surface area contributed by atoms with Crippen molar-refractivity contribution < 1.29 is 9.59 Å². The molecule has 1 aliphatic rings. The first-order valence-corrected chi connectivity index (χ1v) is 10.8. The van der Waals surface area contributed by atoms with Crippen LogP contribution in [0.15, 0.2) is 34.9 Å². The molecule has 0 saturated heterocycles. The number of aryl methyl sites for hydroxylation is 1. The molecule has 2 rings (SSSR count). The predicted molar refractivity (Wildman–Crippen MR) is 118 cm³/mol. The van der Waals surface area contributed by atoms with Gasteiger partial charge < -0.3 is 15.5 Å². The fraction of sp³-hybridized carbons (Fsp3) is 0.455. The second kappa shape index (κ2) is 10.2. The molecule has 1 aromatic carbocycles. The van der Waals surface area contributed by atoms with Gasteiger partial charge in [-0.3, -0.25) is 9.59 Å². The fourth-order valence-corrected chi connectivity index (χ4v) is 4.35. The van der Waals surface area contributed by atoms with Gasteiger partial charge in [-0.1, -0.05) is 37.7 Å². The number of nitrogens with zero attached hydrogens (tertiary/aromatic N) is 3. The van der Waals surface area contributed by atoms with Crippen LogP contribution in [0.5, 0.6) is 0 Å². The van der Waals surface area contributed by atoms with Crippen molar-refractivity contribution >= 4 is 29.3 Å². The summed E-state index contributed by atoms with van der Waals surface area (Å²) in [6, 6.07) is 12.3. The lowest BCUT2D eigenvalue weighted by Gasteiger charge is -2.34. The predicted octanol–water partition coefficient (Wildman–Crippen LogP) is 2.70. The number of anilines is 1. The summed E-state index contributed by atoms with van der Waals surface area (Å²) >= 11 is 1.11. The summed E-state index contributed by atoms with van der Waals surface area (Å²) in [6.45, 7) is 9.50. The molecule has 0 radical (unpaired) electrons. The van der Waals surface area contributed by atoms with E-state index in [4.69, 9.17) is 0 Å². The Kier molecular flexibility index (Phi) is 7.91. The number of likely N-dealkylation sites (N-methyl/N-ethyl adjacent to an activating group) is 1. The van der Waals surface area contributed by atoms with Gasteiger partial charge in [0.15, 0.2) is 0 Å². The number of nitrogens with one attached hydrogen (secondary N) is 2. The maximum atomic E-state index is 12.3. The van der Waals surface area contributed by atoms with Gasteiger partial charge in [0.05, 0.1) is 28.5 Å². The molecule has 0 aliphatic carbocycles. The van der Waals surface area contributed by atoms with Crippen LogP contribution >= 0.6 is 11.8 Å². The number of amides is 2. The first-order chi connectivity index (χ1) is 14.2. The molecular weight excluding hydrogens is 398 g/mol. The van der Waals surface area contributed by atoms with E-state index >= 15 is 0 Å². The first kappa shape index (κ1) is 23.3. The summed E-state index contributed by atoms with van der Waals surface area (Å²) in [5.41, 5.74) is 1.72. The van der Waals surface area contributed by atoms with E-state index < -0.39 is 17.2 Å². The van der Waals surface area contributed by atoms with Crippen molar-refractivity contribution in [3.8, 4) is 12.1 Å². The van der Waals surface area contributed by atoms with Crippen LogP contribution in [0.4, 0.5) is 5.69 Å². The Bertz CT molecular complexity index is 926. The smallest absolute Gasteiger partial charge is 0.243 e. The van der Waals surface area contributed by atoms with Crippen LogP contribution in [0.2, 0.25) is 0 Å². The summed E-state index contributed by atoms with van der Waals surface area (Å²) in [4.78, 5) is 26.7. The number of hydrogen-bond donors (Lipinski definition) is 2. The lowest BCUT2D eigenvalue weighted by atomic mass is 9.72. The number of allylic oxidation sites excluding steroid dienone is 1. The van der Waals surface area contributed by atoms with Crippen LogP contribution in [-0.2, 0) is 9.59 Å². The molecule has 158 valence electrons. The van der Waals surface area contributed by atoms with Gasteiger partial charge in [0.25, 0.3) is 0 Å². The Labute approximate surface area is 182 Å². The number of nitriles is 2. The van der Waals surface area contributed by atoms with E-state index in [0.717, 1.165) is 24.0 Å². The van der Waals surface area contributed by atoms with Crippen molar-refractivity contribution in [3.05, 3.63) is 40.4 Å². The van der Waals surface area contributed by atoms with Crippen LogP contribution in [0.25, 0.3) is 0 Å². The minimum atomic E-state index is -0.938. The zero-order valence-electron chi connectivity index (χ0n) is 17.8. The average Bonchev–Trinajstić information content (AvgIpc) is 2.69. The van der Waals surface area contributed by atoms with Crippen molar-refractivity contribution in [1.82, 2.24) is 10.6 Å². The molecule has 2 N–H and O–H groups in total. The van der Waals surface area contributed by atoms with E-state index in [1.54, 1.807) is 13.8 Å². The van der Waals surface area contributed by atoms with Crippen LogP contribution in [0, 0.1) is 40.9 Å². The third kappa shape index (κ3) is 5.34. The van der Waals surface area contributed by atoms with Crippen LogP contribution in [0.3, 0.4) is 0 Å². The summed E-state index contributed by atoms with van der Waals surface area (Å²) in [7, 11) is 0. The van der Waals surface area contributed by atoms with E-state index in [0.29, 0.717) is 23.7 Å². The van der Waals surface area contributed by atoms with Crippen LogP contribution in [-0.4, -0.2) is 37.2 Å². The average molecular weight is 426 g/mol. The number of thioether (sulfide) groups is 1. The van der Waals surface area contributed by atoms with Gasteiger partial charge in [0.2, 0.25) is 11.8 Å². The second-order valence-corrected chi connectivity index (χ2v) is 8.63. The topological polar surface area (TPSA) is 109 Å². The van der Waals surface area contributed by atoms with E-state index in [1.807, 2.05) is 31.2 Å². The van der Waals surface area contributed by atoms with E-state index in [2.05, 4.69) is 34.6 Å². The SMILES string of the molecule is CCN(CCNC(=O)CSC1=C(C#N)C(C)(C)[C@H](C#N)C(=O)N1)c1cccc(C)c1. The first-order valence-electron chi connectivity index (χ1n) is 9.81. The van der Waals surface area contributed by atoms with Gasteiger partial charge in [-0.2, -0.15) is 10.5 Å². The van der Waals surface area contributed by atoms with Gasteiger partial charge in [0, 0.05) is 30.7 Å². The molecule has 7 nitrogen and oxygen atoms in total. The van der Waals surface area contributed by atoms with Gasteiger partial charge in [-0.05, 0) is 31.5 Å². The van der Waals surface area contributed by atoms with E-state index in [9.17, 15) is 20.1 Å². The van der Waals surface area contributed by atoms with Gasteiger partial charge in [0.1, 0.15) is 5.92 Å². The number of benzene rings is 1. The molecule has 1 heterocycles. The molecule has 0 spiro atoms. The standard InChI is InChI=1S/C22H27N5O2S/c1-5-27(16-8-6-7-15(2)11-16)10-9-25-19(28)14-30-21-18(13-24)22(3,4)17(12-23)20(29)26-21/h6-8,11,17H,5,9-10,14H2,1-4H3,(H,25,28)(H,26,29)/t17-/m1/s1. The normalized spacial score (nSPS) is 17.5. The molecule has 0 saturated carbocycles. The third-order valence-corrected chi connectivity index (χ3v) is 6.13. The summed E-state index contributed by atoms with van der Waals surface area (Å²) < 4.78 is 0. The minimum absolute atomic E-state index is 0.0741. The number of hydrogen-bond acceptors (Lipinski definition) is 6. The molecule has 0 fully saturated rings. The third-order valence-electron chi connectivity index (χ3n) is 5.13. The van der Waals surface area contributed by atoms with Gasteiger partial charge in [-0.25, -0.2) is 0 Å². The largest absolute Gasteiger partial charge is 0.370 e. The maximum absolute atomic E-state index is 12.3. The molecule has 8 heteroatoms. The fourth-order valence-electron chi connectivity index (χ4n) is 3.35. The maximum Gasteiger partial charge on any atom is 0.243 e. The van der Waals surface area contributed by atoms with Gasteiger partial charge >= 0.3 is 0 Å². The molecule has 1 atom stereocenters. The van der Waals surface area contributed by atoms with Crippen LogP contribution < -0.4 is 15.5 Å². The Morgan fingerprint density at radius 3 is 2.70 bits per heavy atom. The van der Waals surface area contributed by atoms with Crippen molar-refractivity contribution in [3.63, 3.8) is 0 Å². The van der Waals surface area contributed by atoms with E-state index in [1.165, 1.54) is 5.56 Å². The second-order valence-electron chi connectivity index (χ2n) is 7.65. The van der Waals surface area contributed by atoms with Crippen molar-refractivity contribution in [2.75, 3.05) is 30.3 Å². The number of rotatable bonds is 8. The molecule has 0 unspecified atom stereocenters. The molecule has 0 bridgehead atoms. The minimum Gasteiger partial charge on any atom is -0.370 e. The number of carbonyl (C=O) groups excluding carboxylic acids is 2.